The minimum absolute atomic E-state index is 0.0396. The van der Waals surface area contributed by atoms with Gasteiger partial charge in [0.2, 0.25) is 5.91 Å². The monoisotopic (exact) mass is 568 g/mol. The third-order valence-electron chi connectivity index (χ3n) is 4.91. The van der Waals surface area contributed by atoms with E-state index >= 15 is 0 Å². The summed E-state index contributed by atoms with van der Waals surface area (Å²) in [5.74, 6) is -1.81. The smallest absolute Gasteiger partial charge is 0.413 e. The molecule has 14 heteroatoms. The van der Waals surface area contributed by atoms with E-state index in [-0.39, 0.29) is 23.9 Å². The van der Waals surface area contributed by atoms with Crippen molar-refractivity contribution in [1.82, 2.24) is 15.2 Å². The van der Waals surface area contributed by atoms with Crippen molar-refractivity contribution in [2.75, 3.05) is 17.7 Å². The largest absolute Gasteiger partial charge is 0.461 e. The number of aromatic nitrogens is 1. The van der Waals surface area contributed by atoms with Crippen LogP contribution in [0.15, 0.2) is 16.7 Å². The molecule has 1 fully saturated rings. The van der Waals surface area contributed by atoms with Crippen LogP contribution in [0.3, 0.4) is 0 Å². The zero-order valence-corrected chi connectivity index (χ0v) is 24.0. The minimum Gasteiger partial charge on any atom is -0.461 e. The van der Waals surface area contributed by atoms with Gasteiger partial charge in [-0.1, -0.05) is 0 Å². The molecule has 2 N–H and O–H groups in total. The second-order valence-corrected chi connectivity index (χ2v) is 12.6. The van der Waals surface area contributed by atoms with Crippen LogP contribution in [0.5, 0.6) is 0 Å². The molecule has 0 saturated carbocycles. The van der Waals surface area contributed by atoms with Gasteiger partial charge in [0, 0.05) is 23.6 Å². The Labute approximate surface area is 228 Å². The predicted octanol–water partition coefficient (Wildman–Crippen LogP) is 2.59. The van der Waals surface area contributed by atoms with Crippen molar-refractivity contribution in [2.45, 2.75) is 77.5 Å². The van der Waals surface area contributed by atoms with Crippen LogP contribution in [0.4, 0.5) is 9.93 Å². The summed E-state index contributed by atoms with van der Waals surface area (Å²) in [5, 5.41) is 6.62. The fourth-order valence-corrected chi connectivity index (χ4v) is 5.55. The molecule has 1 aromatic rings. The van der Waals surface area contributed by atoms with Gasteiger partial charge in [0.1, 0.15) is 34.9 Å². The zero-order chi connectivity index (χ0) is 28.4. The Morgan fingerprint density at radius 1 is 1.11 bits per heavy atom. The summed E-state index contributed by atoms with van der Waals surface area (Å²) in [6.07, 6.45) is -0.764. The summed E-state index contributed by atoms with van der Waals surface area (Å²) >= 11 is 2.49. The maximum Gasteiger partial charge on any atom is 0.413 e. The Bertz CT molecular complexity index is 1160. The van der Waals surface area contributed by atoms with E-state index in [1.54, 1.807) is 46.9 Å². The van der Waals surface area contributed by atoms with Gasteiger partial charge >= 0.3 is 18.0 Å². The number of amides is 3. The number of carbonyl (C=O) groups is 5. The van der Waals surface area contributed by atoms with E-state index < -0.39 is 52.5 Å². The van der Waals surface area contributed by atoms with Gasteiger partial charge in [-0.05, 0) is 41.5 Å². The first-order valence-electron chi connectivity index (χ1n) is 11.8. The highest BCUT2D eigenvalue weighted by atomic mass is 32.2. The Kier molecular flexibility index (Phi) is 8.76. The number of rotatable bonds is 7. The van der Waals surface area contributed by atoms with Gasteiger partial charge in [-0.3, -0.25) is 24.6 Å². The van der Waals surface area contributed by atoms with E-state index in [1.165, 1.54) is 23.6 Å². The number of thioether (sulfide) groups is 1. The number of anilines is 1. The van der Waals surface area contributed by atoms with Gasteiger partial charge in [-0.15, -0.1) is 23.1 Å². The third-order valence-corrected chi connectivity index (χ3v) is 7.05. The molecule has 0 radical (unpaired) electrons. The average molecular weight is 569 g/mol. The Hall–Kier alpha value is -3.13. The Balaban J connectivity index is 1.65. The second kappa shape index (κ2) is 11.3. The highest BCUT2D eigenvalue weighted by Gasteiger charge is 2.54. The van der Waals surface area contributed by atoms with Crippen molar-refractivity contribution in [3.05, 3.63) is 22.3 Å². The Morgan fingerprint density at radius 2 is 1.76 bits per heavy atom. The molecule has 2 atom stereocenters. The van der Waals surface area contributed by atoms with Crippen LogP contribution in [-0.2, 0) is 39.8 Å². The van der Waals surface area contributed by atoms with Crippen LogP contribution in [0.25, 0.3) is 0 Å². The normalized spacial score (nSPS) is 19.2. The van der Waals surface area contributed by atoms with Crippen LogP contribution in [0.1, 0.15) is 54.2 Å². The highest BCUT2D eigenvalue weighted by molar-refractivity contribution is 8.00. The standard InChI is InChI=1S/C24H32N4O8S2/c1-12(29)34-9-13-10-37-19-16(18(31)28(19)17(13)20(32)35-23(2,3)4)26-15(30)8-14-11-38-21(25-14)27-22(33)36-24(5,6)7/h11,16,19H,8-10H2,1-7H3,(H,26,30)(H,25,27,33)/t16?,19-/m1/s1. The molecule has 38 heavy (non-hydrogen) atoms. The number of β-lactam (4-membered cyclic amide) rings is 1. The van der Waals surface area contributed by atoms with Crippen molar-refractivity contribution in [3.8, 4) is 0 Å². The van der Waals surface area contributed by atoms with E-state index in [2.05, 4.69) is 15.6 Å². The summed E-state index contributed by atoms with van der Waals surface area (Å²) in [4.78, 5) is 67.5. The van der Waals surface area contributed by atoms with Gasteiger partial charge in [0.05, 0.1) is 12.1 Å². The zero-order valence-electron chi connectivity index (χ0n) is 22.3. The van der Waals surface area contributed by atoms with Crippen molar-refractivity contribution >= 4 is 58.1 Å². The van der Waals surface area contributed by atoms with Gasteiger partial charge in [-0.2, -0.15) is 0 Å². The van der Waals surface area contributed by atoms with E-state index in [0.29, 0.717) is 17.0 Å². The van der Waals surface area contributed by atoms with Crippen molar-refractivity contribution in [2.24, 2.45) is 0 Å². The molecule has 208 valence electrons. The summed E-state index contributed by atoms with van der Waals surface area (Å²) in [6, 6.07) is -0.849. The summed E-state index contributed by atoms with van der Waals surface area (Å²) in [7, 11) is 0. The maximum atomic E-state index is 13.1. The van der Waals surface area contributed by atoms with Crippen LogP contribution >= 0.6 is 23.1 Å². The number of ether oxygens (including phenoxy) is 3. The second-order valence-electron chi connectivity index (χ2n) is 10.6. The third kappa shape index (κ3) is 7.69. The summed E-state index contributed by atoms with van der Waals surface area (Å²) in [6.45, 7) is 11.5. The lowest BCUT2D eigenvalue weighted by atomic mass is 10.0. The lowest BCUT2D eigenvalue weighted by Gasteiger charge is -2.49. The molecule has 0 bridgehead atoms. The number of esters is 2. The lowest BCUT2D eigenvalue weighted by molar-refractivity contribution is -0.159. The number of fused-ring (bicyclic) bond motifs is 1. The van der Waals surface area contributed by atoms with Crippen molar-refractivity contribution < 1.29 is 38.2 Å². The molecule has 2 aliphatic heterocycles. The van der Waals surface area contributed by atoms with Gasteiger partial charge in [0.15, 0.2) is 5.13 Å². The summed E-state index contributed by atoms with van der Waals surface area (Å²) < 4.78 is 15.8. The molecule has 0 aromatic carbocycles. The molecule has 1 unspecified atom stereocenters. The van der Waals surface area contributed by atoms with Crippen LogP contribution in [0, 0.1) is 0 Å². The van der Waals surface area contributed by atoms with E-state index in [1.807, 2.05) is 0 Å². The number of nitrogens with zero attached hydrogens (tertiary/aromatic N) is 2. The first kappa shape index (κ1) is 29.4. The molecule has 3 amide bonds. The molecule has 1 saturated heterocycles. The Morgan fingerprint density at radius 3 is 2.37 bits per heavy atom. The topological polar surface area (TPSA) is 153 Å². The number of hydrogen-bond acceptors (Lipinski definition) is 11. The van der Waals surface area contributed by atoms with Gasteiger partial charge < -0.3 is 19.5 Å². The predicted molar refractivity (Wildman–Crippen MR) is 140 cm³/mol. The molecule has 1 aromatic heterocycles. The maximum absolute atomic E-state index is 13.1. The molecule has 0 spiro atoms. The SMILES string of the molecule is CC(=O)OCC1=C(C(=O)OC(C)(C)C)N2C(=O)C(NC(=O)Cc3csc(NC(=O)OC(C)(C)C)n3)[C@H]2SC1. The molecule has 12 nitrogen and oxygen atoms in total. The average Bonchev–Trinajstić information content (AvgIpc) is 3.18. The fourth-order valence-electron chi connectivity index (χ4n) is 3.52. The van der Waals surface area contributed by atoms with Gasteiger partial charge in [0.25, 0.3) is 5.91 Å². The summed E-state index contributed by atoms with van der Waals surface area (Å²) in [5.41, 5.74) is -0.553. The molecular formula is C24H32N4O8S2. The van der Waals surface area contributed by atoms with Gasteiger partial charge in [-0.25, -0.2) is 14.6 Å². The van der Waals surface area contributed by atoms with E-state index in [4.69, 9.17) is 14.2 Å². The quantitative estimate of drug-likeness (QED) is 0.285. The van der Waals surface area contributed by atoms with E-state index in [9.17, 15) is 24.0 Å². The van der Waals surface area contributed by atoms with Crippen LogP contribution < -0.4 is 10.6 Å². The van der Waals surface area contributed by atoms with Crippen LogP contribution in [-0.4, -0.2) is 74.7 Å². The molecule has 3 heterocycles. The number of hydrogen-bond donors (Lipinski definition) is 2. The van der Waals surface area contributed by atoms with Crippen LogP contribution in [0.2, 0.25) is 0 Å². The lowest BCUT2D eigenvalue weighted by Crippen LogP contribution is -2.71. The molecule has 0 aliphatic carbocycles. The van der Waals surface area contributed by atoms with Crippen molar-refractivity contribution in [1.29, 1.82) is 0 Å². The van der Waals surface area contributed by atoms with Crippen molar-refractivity contribution in [3.63, 3.8) is 0 Å². The highest BCUT2D eigenvalue weighted by Crippen LogP contribution is 2.41. The fraction of sp³-hybridized carbons (Fsp3) is 0.583. The molecule has 3 rings (SSSR count). The first-order valence-corrected chi connectivity index (χ1v) is 13.7. The number of thiazole rings is 1. The number of carbonyl (C=O) groups excluding carboxylic acids is 5. The molecular weight excluding hydrogens is 536 g/mol. The van der Waals surface area contributed by atoms with E-state index in [0.717, 1.165) is 11.3 Å². The number of nitrogens with one attached hydrogen (secondary N) is 2. The minimum atomic E-state index is -0.849. The first-order chi connectivity index (χ1) is 17.5. The molecule has 2 aliphatic rings.